The van der Waals surface area contributed by atoms with Gasteiger partial charge in [-0.15, -0.1) is 0 Å². The van der Waals surface area contributed by atoms with Gasteiger partial charge < -0.3 is 52.8 Å². The first-order valence-corrected chi connectivity index (χ1v) is 16.7. The van der Waals surface area contributed by atoms with E-state index in [1.54, 1.807) is 38.1 Å². The Labute approximate surface area is 294 Å². The molecule has 2 aromatic rings. The normalized spacial score (nSPS) is 16.9. The monoisotopic (exact) mass is 713 g/mol. The minimum absolute atomic E-state index is 0.105. The van der Waals surface area contributed by atoms with Gasteiger partial charge in [-0.1, -0.05) is 44.2 Å². The summed E-state index contributed by atoms with van der Waals surface area (Å²) < 4.78 is 0. The van der Waals surface area contributed by atoms with Crippen LogP contribution in [0.3, 0.4) is 0 Å². The van der Waals surface area contributed by atoms with Gasteiger partial charge in [0, 0.05) is 31.2 Å². The second kappa shape index (κ2) is 19.7. The van der Waals surface area contributed by atoms with E-state index in [4.69, 9.17) is 5.73 Å². The maximum absolute atomic E-state index is 13.8. The third-order valence-electron chi connectivity index (χ3n) is 8.26. The molecule has 1 aliphatic rings. The maximum atomic E-state index is 13.8. The van der Waals surface area contributed by atoms with Crippen LogP contribution in [0.5, 0.6) is 0 Å². The van der Waals surface area contributed by atoms with E-state index in [-0.39, 0.29) is 31.6 Å². The van der Waals surface area contributed by atoms with Crippen molar-refractivity contribution >= 4 is 41.4 Å². The number of primary amides is 1. The molecule has 0 aliphatic carbocycles. The number of aliphatic hydroxyl groups excluding tert-OH is 1. The molecule has 3 rings (SSSR count). The molecule has 1 saturated heterocycles. The fourth-order valence-electron chi connectivity index (χ4n) is 5.40. The number of carboxylic acid groups (broad SMARTS) is 1. The van der Waals surface area contributed by atoms with Crippen molar-refractivity contribution in [3.63, 3.8) is 0 Å². The van der Waals surface area contributed by atoms with E-state index >= 15 is 0 Å². The summed E-state index contributed by atoms with van der Waals surface area (Å²) in [5, 5.41) is 35.2. The highest BCUT2D eigenvalue weighted by molar-refractivity contribution is 5.96. The third-order valence-corrected chi connectivity index (χ3v) is 8.26. The average molecular weight is 714 g/mol. The quantitative estimate of drug-likeness (QED) is 0.0677. The first kappa shape index (κ1) is 40.1. The molecule has 0 radical (unpaired) electrons. The molecule has 11 N–H and O–H groups in total. The smallest absolute Gasteiger partial charge is 0.326 e. The van der Waals surface area contributed by atoms with Crippen LogP contribution in [-0.2, 0) is 46.4 Å². The van der Waals surface area contributed by atoms with Crippen LogP contribution in [0, 0.1) is 5.92 Å². The van der Waals surface area contributed by atoms with E-state index in [1.165, 1.54) is 12.5 Å². The Hall–Kier alpha value is -5.36. The van der Waals surface area contributed by atoms with Crippen LogP contribution >= 0.6 is 0 Å². The molecule has 1 aliphatic heterocycles. The van der Waals surface area contributed by atoms with E-state index in [1.807, 2.05) is 6.07 Å². The van der Waals surface area contributed by atoms with Gasteiger partial charge in [-0.05, 0) is 37.3 Å². The van der Waals surface area contributed by atoms with Crippen molar-refractivity contribution in [2.75, 3.05) is 13.2 Å². The highest BCUT2D eigenvalue weighted by atomic mass is 16.4. The summed E-state index contributed by atoms with van der Waals surface area (Å²) >= 11 is 0. The SMILES string of the molecule is CC(C)C(NC(=O)C(CO)NC(=O)C(Cc1cnc[nH]1)NC(=O)C(Cc1ccccc1)NC(=O)C1CCCN1)C(=O)NC(CCC(N)=O)C(=O)O. The fourth-order valence-corrected chi connectivity index (χ4v) is 5.40. The van der Waals surface area contributed by atoms with Crippen LogP contribution in [0.1, 0.15) is 50.8 Å². The number of aliphatic hydroxyl groups is 1. The van der Waals surface area contributed by atoms with Crippen LogP contribution in [0.25, 0.3) is 0 Å². The average Bonchev–Trinajstić information content (AvgIpc) is 3.82. The van der Waals surface area contributed by atoms with Crippen molar-refractivity contribution in [2.24, 2.45) is 11.7 Å². The van der Waals surface area contributed by atoms with Crippen molar-refractivity contribution in [3.8, 4) is 0 Å². The highest BCUT2D eigenvalue weighted by Gasteiger charge is 2.34. The number of carbonyl (C=O) groups is 7. The predicted octanol–water partition coefficient (Wildman–Crippen LogP) is -2.63. The number of aromatic nitrogens is 2. The minimum Gasteiger partial charge on any atom is -0.480 e. The number of hydrogen-bond donors (Lipinski definition) is 10. The summed E-state index contributed by atoms with van der Waals surface area (Å²) in [5.41, 5.74) is 6.32. The summed E-state index contributed by atoms with van der Waals surface area (Å²) in [5.74, 6) is -6.47. The van der Waals surface area contributed by atoms with Crippen LogP contribution in [-0.4, -0.2) is 111 Å². The van der Waals surface area contributed by atoms with Crippen molar-refractivity contribution < 1.29 is 43.8 Å². The number of hydrogen-bond acceptors (Lipinski definition) is 10. The van der Waals surface area contributed by atoms with Crippen molar-refractivity contribution in [2.45, 2.75) is 88.6 Å². The lowest BCUT2D eigenvalue weighted by molar-refractivity contribution is -0.143. The molecule has 0 saturated carbocycles. The Morgan fingerprint density at radius 1 is 0.863 bits per heavy atom. The Morgan fingerprint density at radius 2 is 1.49 bits per heavy atom. The van der Waals surface area contributed by atoms with Gasteiger partial charge in [-0.25, -0.2) is 9.78 Å². The lowest BCUT2D eigenvalue weighted by Crippen LogP contribution is -2.61. The van der Waals surface area contributed by atoms with Gasteiger partial charge in [0.25, 0.3) is 0 Å². The number of aliphatic carboxylic acids is 1. The minimum atomic E-state index is -1.59. The number of nitrogens with two attached hydrogens (primary N) is 1. The summed E-state index contributed by atoms with van der Waals surface area (Å²) in [6, 6.07) is 1.79. The van der Waals surface area contributed by atoms with Gasteiger partial charge in [0.1, 0.15) is 30.2 Å². The fraction of sp³-hybridized carbons (Fsp3) is 0.515. The number of aromatic amines is 1. The molecule has 18 heteroatoms. The summed E-state index contributed by atoms with van der Waals surface area (Å²) in [6.45, 7) is 2.94. The van der Waals surface area contributed by atoms with E-state index < -0.39 is 84.3 Å². The standard InChI is InChI=1S/C33H47N9O9/c1-18(2)27(32(49)38-22(33(50)51)10-11-26(34)44)42-31(48)25(16-43)41-30(47)24(14-20-15-35-17-37-20)40-29(46)23(13-19-7-4-3-5-8-19)39-28(45)21-9-6-12-36-21/h3-5,7-8,15,17-18,21-25,27,36,43H,6,9-14,16H2,1-2H3,(H2,34,44)(H,35,37)(H,38,49)(H,39,45)(H,40,46)(H,41,47)(H,42,48)(H,50,51). The molecule has 278 valence electrons. The molecule has 1 fully saturated rings. The van der Waals surface area contributed by atoms with Gasteiger partial charge in [-0.3, -0.25) is 28.8 Å². The van der Waals surface area contributed by atoms with Crippen LogP contribution in [0.2, 0.25) is 0 Å². The van der Waals surface area contributed by atoms with Gasteiger partial charge >= 0.3 is 5.97 Å². The zero-order chi connectivity index (χ0) is 37.5. The van der Waals surface area contributed by atoms with Crippen molar-refractivity contribution in [1.29, 1.82) is 0 Å². The van der Waals surface area contributed by atoms with Gasteiger partial charge in [0.15, 0.2) is 0 Å². The molecule has 6 unspecified atom stereocenters. The molecule has 0 bridgehead atoms. The largest absolute Gasteiger partial charge is 0.480 e. The molecule has 6 atom stereocenters. The Bertz CT molecular complexity index is 1500. The number of nitrogens with zero attached hydrogens (tertiary/aromatic N) is 1. The molecule has 1 aromatic carbocycles. The number of H-pyrrole nitrogens is 1. The summed E-state index contributed by atoms with van der Waals surface area (Å²) in [4.78, 5) is 96.3. The predicted molar refractivity (Wildman–Crippen MR) is 181 cm³/mol. The lowest BCUT2D eigenvalue weighted by atomic mass is 10.0. The number of carboxylic acids is 1. The Kier molecular flexibility index (Phi) is 15.5. The van der Waals surface area contributed by atoms with Gasteiger partial charge in [-0.2, -0.15) is 0 Å². The molecule has 6 amide bonds. The van der Waals surface area contributed by atoms with E-state index in [0.717, 1.165) is 12.0 Å². The lowest BCUT2D eigenvalue weighted by Gasteiger charge is -2.27. The number of imidazole rings is 1. The molecule has 18 nitrogen and oxygen atoms in total. The summed E-state index contributed by atoms with van der Waals surface area (Å²) in [7, 11) is 0. The van der Waals surface area contributed by atoms with E-state index in [2.05, 4.69) is 41.9 Å². The molecular weight excluding hydrogens is 666 g/mol. The zero-order valence-electron chi connectivity index (χ0n) is 28.5. The summed E-state index contributed by atoms with van der Waals surface area (Å²) in [6.07, 6.45) is 3.67. The number of benzene rings is 1. The Morgan fingerprint density at radius 3 is 2.04 bits per heavy atom. The number of nitrogens with one attached hydrogen (secondary N) is 7. The third kappa shape index (κ3) is 12.8. The Balaban J connectivity index is 1.76. The van der Waals surface area contributed by atoms with Crippen molar-refractivity contribution in [3.05, 3.63) is 54.1 Å². The van der Waals surface area contributed by atoms with Gasteiger partial charge in [0.05, 0.1) is 19.0 Å². The molecular formula is C33H47N9O9. The number of carbonyl (C=O) groups excluding carboxylic acids is 6. The van der Waals surface area contributed by atoms with E-state index in [0.29, 0.717) is 18.7 Å². The molecule has 2 heterocycles. The first-order valence-electron chi connectivity index (χ1n) is 16.7. The van der Waals surface area contributed by atoms with Gasteiger partial charge in [0.2, 0.25) is 35.4 Å². The van der Waals surface area contributed by atoms with Crippen LogP contribution in [0.15, 0.2) is 42.9 Å². The van der Waals surface area contributed by atoms with E-state index in [9.17, 15) is 43.8 Å². The topological polar surface area (TPSA) is 287 Å². The maximum Gasteiger partial charge on any atom is 0.326 e. The zero-order valence-corrected chi connectivity index (χ0v) is 28.5. The van der Waals surface area contributed by atoms with Crippen LogP contribution < -0.4 is 37.6 Å². The number of rotatable bonds is 20. The first-order chi connectivity index (χ1) is 24.3. The number of amides is 6. The van der Waals surface area contributed by atoms with Crippen LogP contribution in [0.4, 0.5) is 0 Å². The molecule has 51 heavy (non-hydrogen) atoms. The second-order valence-electron chi connectivity index (χ2n) is 12.6. The molecule has 0 spiro atoms. The second-order valence-corrected chi connectivity index (χ2v) is 12.6. The highest BCUT2D eigenvalue weighted by Crippen LogP contribution is 2.10. The molecule has 1 aromatic heterocycles. The van der Waals surface area contributed by atoms with Crippen molar-refractivity contribution in [1.82, 2.24) is 41.9 Å².